The molecule has 0 aliphatic rings. The highest BCUT2D eigenvalue weighted by Gasteiger charge is 2.08. The Balaban J connectivity index is 1.89. The minimum absolute atomic E-state index is 0.495. The van der Waals surface area contributed by atoms with Gasteiger partial charge in [-0.2, -0.15) is 0 Å². The van der Waals surface area contributed by atoms with E-state index in [1.807, 2.05) is 42.5 Å². The summed E-state index contributed by atoms with van der Waals surface area (Å²) >= 11 is 3.51. The van der Waals surface area contributed by atoms with Gasteiger partial charge in [0.15, 0.2) is 0 Å². The molecule has 0 aliphatic heterocycles. The van der Waals surface area contributed by atoms with Crippen LogP contribution in [0.5, 0.6) is 5.75 Å². The fraction of sp³-hybridized carbons (Fsp3) is 0.250. The summed E-state index contributed by atoms with van der Waals surface area (Å²) in [4.78, 5) is 0. The van der Waals surface area contributed by atoms with Crippen LogP contribution < -0.4 is 10.1 Å². The van der Waals surface area contributed by atoms with Crippen molar-refractivity contribution >= 4 is 15.9 Å². The van der Waals surface area contributed by atoms with E-state index in [0.29, 0.717) is 13.1 Å². The van der Waals surface area contributed by atoms with Crippen molar-refractivity contribution in [1.29, 1.82) is 0 Å². The third kappa shape index (κ3) is 4.07. The third-order valence-corrected chi connectivity index (χ3v) is 3.86. The lowest BCUT2D eigenvalue weighted by Crippen LogP contribution is -2.21. The van der Waals surface area contributed by atoms with Crippen molar-refractivity contribution in [3.63, 3.8) is 0 Å². The first-order valence-electron chi connectivity index (χ1n) is 6.47. The summed E-state index contributed by atoms with van der Waals surface area (Å²) in [6, 6.07) is 15.5. The van der Waals surface area contributed by atoms with Gasteiger partial charge in [-0.25, -0.2) is 0 Å². The van der Waals surface area contributed by atoms with E-state index < -0.39 is 6.10 Å². The number of rotatable bonds is 6. The van der Waals surface area contributed by atoms with E-state index in [1.165, 1.54) is 5.56 Å². The summed E-state index contributed by atoms with van der Waals surface area (Å²) in [6.07, 6.45) is -0.549. The van der Waals surface area contributed by atoms with Gasteiger partial charge in [-0.15, -0.1) is 0 Å². The van der Waals surface area contributed by atoms with Gasteiger partial charge in [-0.05, 0) is 29.3 Å². The van der Waals surface area contributed by atoms with Gasteiger partial charge >= 0.3 is 0 Å². The highest BCUT2D eigenvalue weighted by atomic mass is 79.9. The Morgan fingerprint density at radius 1 is 1.20 bits per heavy atom. The Morgan fingerprint density at radius 2 is 2.00 bits per heavy atom. The Bertz CT molecular complexity index is 560. The molecule has 106 valence electrons. The third-order valence-electron chi connectivity index (χ3n) is 3.09. The van der Waals surface area contributed by atoms with Gasteiger partial charge in [0, 0.05) is 17.6 Å². The maximum absolute atomic E-state index is 10.2. The lowest BCUT2D eigenvalue weighted by atomic mass is 10.1. The van der Waals surface area contributed by atoms with E-state index in [0.717, 1.165) is 15.8 Å². The first kappa shape index (κ1) is 15.0. The highest BCUT2D eigenvalue weighted by Crippen LogP contribution is 2.19. The van der Waals surface area contributed by atoms with E-state index in [2.05, 4.69) is 27.3 Å². The summed E-state index contributed by atoms with van der Waals surface area (Å²) in [5.41, 5.74) is 2.02. The largest absolute Gasteiger partial charge is 0.497 e. The van der Waals surface area contributed by atoms with Crippen LogP contribution in [0.15, 0.2) is 53.0 Å². The van der Waals surface area contributed by atoms with Crippen LogP contribution in [0.4, 0.5) is 0 Å². The second-order valence-corrected chi connectivity index (χ2v) is 5.37. The molecule has 0 aromatic heterocycles. The number of aliphatic hydroxyl groups is 1. The smallest absolute Gasteiger partial charge is 0.119 e. The molecule has 20 heavy (non-hydrogen) atoms. The van der Waals surface area contributed by atoms with E-state index >= 15 is 0 Å². The molecule has 2 rings (SSSR count). The van der Waals surface area contributed by atoms with Crippen molar-refractivity contribution in [2.75, 3.05) is 13.7 Å². The van der Waals surface area contributed by atoms with Gasteiger partial charge in [0.2, 0.25) is 0 Å². The van der Waals surface area contributed by atoms with Crippen LogP contribution in [0.25, 0.3) is 0 Å². The Hall–Kier alpha value is -1.36. The Labute approximate surface area is 127 Å². The average Bonchev–Trinajstić information content (AvgIpc) is 2.49. The summed E-state index contributed by atoms with van der Waals surface area (Å²) in [7, 11) is 1.62. The van der Waals surface area contributed by atoms with E-state index in [4.69, 9.17) is 4.74 Å². The van der Waals surface area contributed by atoms with Gasteiger partial charge in [0.05, 0.1) is 13.2 Å². The Morgan fingerprint density at radius 3 is 2.75 bits per heavy atom. The number of aliphatic hydroxyl groups excluding tert-OH is 1. The van der Waals surface area contributed by atoms with Crippen LogP contribution in [0.3, 0.4) is 0 Å². The number of benzene rings is 2. The highest BCUT2D eigenvalue weighted by molar-refractivity contribution is 9.10. The lowest BCUT2D eigenvalue weighted by Gasteiger charge is -2.13. The van der Waals surface area contributed by atoms with Crippen molar-refractivity contribution in [3.05, 3.63) is 64.1 Å². The van der Waals surface area contributed by atoms with Gasteiger partial charge < -0.3 is 15.2 Å². The van der Waals surface area contributed by atoms with Gasteiger partial charge in [0.1, 0.15) is 5.75 Å². The number of hydrogen-bond acceptors (Lipinski definition) is 3. The first-order valence-corrected chi connectivity index (χ1v) is 7.26. The van der Waals surface area contributed by atoms with E-state index in [-0.39, 0.29) is 0 Å². The van der Waals surface area contributed by atoms with Crippen LogP contribution in [0.1, 0.15) is 17.2 Å². The minimum atomic E-state index is -0.549. The molecular weight excluding hydrogens is 318 g/mol. The van der Waals surface area contributed by atoms with Crippen LogP contribution in [0.2, 0.25) is 0 Å². The topological polar surface area (TPSA) is 41.5 Å². The fourth-order valence-corrected chi connectivity index (χ4v) is 2.38. The molecule has 1 atom stereocenters. The van der Waals surface area contributed by atoms with Crippen LogP contribution in [-0.4, -0.2) is 18.8 Å². The van der Waals surface area contributed by atoms with Crippen molar-refractivity contribution in [2.45, 2.75) is 12.6 Å². The first-order chi connectivity index (χ1) is 9.70. The molecule has 0 amide bonds. The minimum Gasteiger partial charge on any atom is -0.497 e. The summed E-state index contributed by atoms with van der Waals surface area (Å²) in [5.74, 6) is 0.757. The SMILES string of the molecule is COc1cccc(C(O)CNCc2ccccc2Br)c1. The fourth-order valence-electron chi connectivity index (χ4n) is 1.95. The maximum atomic E-state index is 10.2. The van der Waals surface area contributed by atoms with Crippen molar-refractivity contribution < 1.29 is 9.84 Å². The van der Waals surface area contributed by atoms with Crippen LogP contribution in [-0.2, 0) is 6.54 Å². The Kier molecular flexibility index (Phi) is 5.59. The normalized spacial score (nSPS) is 12.2. The summed E-state index contributed by atoms with van der Waals surface area (Å²) in [5, 5.41) is 13.4. The molecule has 0 saturated carbocycles. The van der Waals surface area contributed by atoms with Crippen molar-refractivity contribution in [3.8, 4) is 5.75 Å². The maximum Gasteiger partial charge on any atom is 0.119 e. The quantitative estimate of drug-likeness (QED) is 0.851. The van der Waals surface area contributed by atoms with Gasteiger partial charge in [-0.3, -0.25) is 0 Å². The van der Waals surface area contributed by atoms with Gasteiger partial charge in [-0.1, -0.05) is 46.3 Å². The zero-order valence-electron chi connectivity index (χ0n) is 11.3. The molecule has 4 heteroatoms. The van der Waals surface area contributed by atoms with E-state index in [9.17, 15) is 5.11 Å². The molecule has 2 aromatic carbocycles. The molecule has 0 saturated heterocycles. The zero-order chi connectivity index (χ0) is 14.4. The predicted molar refractivity (Wildman–Crippen MR) is 83.8 cm³/mol. The molecule has 0 heterocycles. The molecule has 1 unspecified atom stereocenters. The van der Waals surface area contributed by atoms with Crippen molar-refractivity contribution in [2.24, 2.45) is 0 Å². The summed E-state index contributed by atoms with van der Waals surface area (Å²) in [6.45, 7) is 1.21. The number of nitrogens with one attached hydrogen (secondary N) is 1. The molecule has 0 fully saturated rings. The second kappa shape index (κ2) is 7.43. The standard InChI is InChI=1S/C16H18BrNO2/c1-20-14-7-4-6-12(9-14)16(19)11-18-10-13-5-2-3-8-15(13)17/h2-9,16,18-19H,10-11H2,1H3. The molecule has 3 nitrogen and oxygen atoms in total. The lowest BCUT2D eigenvalue weighted by molar-refractivity contribution is 0.174. The molecule has 0 spiro atoms. The average molecular weight is 336 g/mol. The molecule has 0 bridgehead atoms. The summed E-state index contributed by atoms with van der Waals surface area (Å²) < 4.78 is 6.23. The zero-order valence-corrected chi connectivity index (χ0v) is 12.9. The molecule has 2 aromatic rings. The molecular formula is C16H18BrNO2. The van der Waals surface area contributed by atoms with Gasteiger partial charge in [0.25, 0.3) is 0 Å². The number of ether oxygens (including phenoxy) is 1. The molecule has 0 radical (unpaired) electrons. The molecule has 2 N–H and O–H groups in total. The van der Waals surface area contributed by atoms with Crippen LogP contribution in [0, 0.1) is 0 Å². The predicted octanol–water partition coefficient (Wildman–Crippen LogP) is 3.28. The van der Waals surface area contributed by atoms with E-state index in [1.54, 1.807) is 7.11 Å². The number of hydrogen-bond donors (Lipinski definition) is 2. The van der Waals surface area contributed by atoms with Crippen LogP contribution >= 0.6 is 15.9 Å². The number of methoxy groups -OCH3 is 1. The molecule has 0 aliphatic carbocycles. The van der Waals surface area contributed by atoms with Crippen molar-refractivity contribution in [1.82, 2.24) is 5.32 Å². The monoisotopic (exact) mass is 335 g/mol. The second-order valence-electron chi connectivity index (χ2n) is 4.51. The number of halogens is 1.